The van der Waals surface area contributed by atoms with Crippen LogP contribution in [-0.2, 0) is 14.6 Å². The van der Waals surface area contributed by atoms with Crippen molar-refractivity contribution in [2.45, 2.75) is 31.3 Å². The van der Waals surface area contributed by atoms with Gasteiger partial charge >= 0.3 is 0 Å². The summed E-state index contributed by atoms with van der Waals surface area (Å²) in [5, 5.41) is 0. The summed E-state index contributed by atoms with van der Waals surface area (Å²) in [5.74, 6) is 0.00574. The van der Waals surface area contributed by atoms with Gasteiger partial charge in [-0.1, -0.05) is 12.2 Å². The Balaban J connectivity index is 2.15. The molecule has 0 aromatic carbocycles. The summed E-state index contributed by atoms with van der Waals surface area (Å²) in [6.07, 6.45) is 8.69. The summed E-state index contributed by atoms with van der Waals surface area (Å²) >= 11 is 0. The van der Waals surface area contributed by atoms with Gasteiger partial charge in [-0.25, -0.2) is 9.78 Å². The minimum Gasteiger partial charge on any atom is -0.303 e. The SMILES string of the molecule is O=CC1CCOOC12CC=CCC2. The maximum Gasteiger partial charge on any atom is 0.126 e. The molecule has 0 bridgehead atoms. The van der Waals surface area contributed by atoms with Crippen LogP contribution in [0.1, 0.15) is 25.7 Å². The van der Waals surface area contributed by atoms with Gasteiger partial charge in [0, 0.05) is 5.92 Å². The third kappa shape index (κ3) is 1.54. The van der Waals surface area contributed by atoms with E-state index in [4.69, 9.17) is 9.78 Å². The highest BCUT2D eigenvalue weighted by Crippen LogP contribution is 2.38. The van der Waals surface area contributed by atoms with Gasteiger partial charge in [0.15, 0.2) is 0 Å². The number of carbonyl (C=O) groups is 1. The Hall–Kier alpha value is -0.670. The molecule has 1 heterocycles. The number of aldehydes is 1. The van der Waals surface area contributed by atoms with Crippen LogP contribution < -0.4 is 0 Å². The number of hydrogen-bond acceptors (Lipinski definition) is 3. The summed E-state index contributed by atoms with van der Waals surface area (Å²) in [6, 6.07) is 0. The zero-order chi connectivity index (χ0) is 9.15. The molecule has 2 unspecified atom stereocenters. The minimum absolute atomic E-state index is 0.00574. The highest BCUT2D eigenvalue weighted by Gasteiger charge is 2.43. The standard InChI is InChI=1S/C10H14O3/c11-8-9-4-7-12-13-10(9)5-2-1-3-6-10/h1-2,8-9H,3-7H2. The van der Waals surface area contributed by atoms with Crippen molar-refractivity contribution in [2.24, 2.45) is 5.92 Å². The van der Waals surface area contributed by atoms with Gasteiger partial charge in [-0.15, -0.1) is 0 Å². The van der Waals surface area contributed by atoms with Crippen molar-refractivity contribution in [1.82, 2.24) is 0 Å². The number of allylic oxidation sites excluding steroid dienone is 1. The van der Waals surface area contributed by atoms with Crippen molar-refractivity contribution in [2.75, 3.05) is 6.61 Å². The molecule has 0 saturated carbocycles. The first kappa shape index (κ1) is 8.91. The predicted octanol–water partition coefficient (Wildman–Crippen LogP) is 1.63. The second kappa shape index (κ2) is 3.60. The molecule has 72 valence electrons. The average Bonchev–Trinajstić information content (AvgIpc) is 2.20. The van der Waals surface area contributed by atoms with Crippen LogP contribution in [0.5, 0.6) is 0 Å². The molecule has 3 nitrogen and oxygen atoms in total. The molecule has 1 spiro atoms. The van der Waals surface area contributed by atoms with Crippen LogP contribution in [-0.4, -0.2) is 18.5 Å². The van der Waals surface area contributed by atoms with E-state index >= 15 is 0 Å². The second-order valence-electron chi connectivity index (χ2n) is 3.72. The Labute approximate surface area is 77.6 Å². The Bertz CT molecular complexity index is 224. The zero-order valence-corrected chi connectivity index (χ0v) is 7.57. The van der Waals surface area contributed by atoms with Crippen molar-refractivity contribution >= 4 is 6.29 Å². The molecule has 0 aromatic rings. The third-order valence-corrected chi connectivity index (χ3v) is 2.94. The van der Waals surface area contributed by atoms with E-state index in [1.54, 1.807) is 0 Å². The monoisotopic (exact) mass is 182 g/mol. The van der Waals surface area contributed by atoms with E-state index in [2.05, 4.69) is 12.2 Å². The summed E-state index contributed by atoms with van der Waals surface area (Å²) in [4.78, 5) is 21.2. The van der Waals surface area contributed by atoms with Gasteiger partial charge in [-0.05, 0) is 25.7 Å². The lowest BCUT2D eigenvalue weighted by molar-refractivity contribution is -0.394. The molecule has 0 aromatic heterocycles. The van der Waals surface area contributed by atoms with Gasteiger partial charge in [-0.2, -0.15) is 0 Å². The molecular weight excluding hydrogens is 168 g/mol. The van der Waals surface area contributed by atoms with Gasteiger partial charge in [0.05, 0.1) is 6.61 Å². The molecule has 1 fully saturated rings. The molecule has 1 aliphatic carbocycles. The van der Waals surface area contributed by atoms with E-state index in [0.717, 1.165) is 32.0 Å². The molecule has 0 radical (unpaired) electrons. The molecular formula is C10H14O3. The fraction of sp³-hybridized carbons (Fsp3) is 0.700. The van der Waals surface area contributed by atoms with Gasteiger partial charge in [0.1, 0.15) is 11.9 Å². The number of carbonyl (C=O) groups excluding carboxylic acids is 1. The first-order valence-electron chi connectivity index (χ1n) is 4.78. The maximum absolute atomic E-state index is 10.9. The highest BCUT2D eigenvalue weighted by molar-refractivity contribution is 5.56. The summed E-state index contributed by atoms with van der Waals surface area (Å²) in [5.41, 5.74) is -0.352. The van der Waals surface area contributed by atoms with E-state index in [9.17, 15) is 4.79 Å². The Morgan fingerprint density at radius 1 is 1.46 bits per heavy atom. The lowest BCUT2D eigenvalue weighted by atomic mass is 9.77. The zero-order valence-electron chi connectivity index (χ0n) is 7.57. The van der Waals surface area contributed by atoms with Crippen molar-refractivity contribution in [3.05, 3.63) is 12.2 Å². The topological polar surface area (TPSA) is 35.5 Å². The van der Waals surface area contributed by atoms with Crippen LogP contribution in [0.15, 0.2) is 12.2 Å². The number of hydrogen-bond donors (Lipinski definition) is 0. The van der Waals surface area contributed by atoms with E-state index in [0.29, 0.717) is 6.61 Å². The van der Waals surface area contributed by atoms with Crippen LogP contribution in [0.25, 0.3) is 0 Å². The van der Waals surface area contributed by atoms with Gasteiger partial charge in [0.2, 0.25) is 0 Å². The summed E-state index contributed by atoms with van der Waals surface area (Å²) in [7, 11) is 0. The first-order chi connectivity index (χ1) is 6.37. The molecule has 1 aliphatic heterocycles. The van der Waals surface area contributed by atoms with Gasteiger partial charge in [0.25, 0.3) is 0 Å². The lowest BCUT2D eigenvalue weighted by Crippen LogP contribution is -2.46. The fourth-order valence-electron chi connectivity index (χ4n) is 2.09. The van der Waals surface area contributed by atoms with Crippen LogP contribution in [0.3, 0.4) is 0 Å². The molecule has 13 heavy (non-hydrogen) atoms. The molecule has 0 N–H and O–H groups in total. The Morgan fingerprint density at radius 3 is 3.08 bits per heavy atom. The first-order valence-corrected chi connectivity index (χ1v) is 4.78. The summed E-state index contributed by atoms with van der Waals surface area (Å²) < 4.78 is 0. The highest BCUT2D eigenvalue weighted by atomic mass is 17.2. The second-order valence-corrected chi connectivity index (χ2v) is 3.72. The maximum atomic E-state index is 10.9. The third-order valence-electron chi connectivity index (χ3n) is 2.94. The minimum atomic E-state index is -0.352. The Kier molecular flexibility index (Phi) is 2.47. The lowest BCUT2D eigenvalue weighted by Gasteiger charge is -2.40. The van der Waals surface area contributed by atoms with Gasteiger partial charge in [-0.3, -0.25) is 0 Å². The summed E-state index contributed by atoms with van der Waals surface area (Å²) in [6.45, 7) is 0.537. The number of rotatable bonds is 1. The molecule has 2 atom stereocenters. The Morgan fingerprint density at radius 2 is 2.38 bits per heavy atom. The van der Waals surface area contributed by atoms with E-state index in [1.165, 1.54) is 0 Å². The van der Waals surface area contributed by atoms with Crippen molar-refractivity contribution < 1.29 is 14.6 Å². The quantitative estimate of drug-likeness (QED) is 0.351. The largest absolute Gasteiger partial charge is 0.303 e. The molecule has 2 rings (SSSR count). The smallest absolute Gasteiger partial charge is 0.126 e. The van der Waals surface area contributed by atoms with Crippen molar-refractivity contribution in [3.8, 4) is 0 Å². The average molecular weight is 182 g/mol. The van der Waals surface area contributed by atoms with Crippen LogP contribution >= 0.6 is 0 Å². The predicted molar refractivity (Wildman–Crippen MR) is 46.9 cm³/mol. The van der Waals surface area contributed by atoms with Crippen LogP contribution in [0, 0.1) is 5.92 Å². The van der Waals surface area contributed by atoms with Crippen LogP contribution in [0.2, 0.25) is 0 Å². The molecule has 2 aliphatic rings. The van der Waals surface area contributed by atoms with Crippen molar-refractivity contribution in [1.29, 1.82) is 0 Å². The normalized spacial score (nSPS) is 39.2. The van der Waals surface area contributed by atoms with E-state index in [-0.39, 0.29) is 11.5 Å². The van der Waals surface area contributed by atoms with Crippen LogP contribution in [0.4, 0.5) is 0 Å². The van der Waals surface area contributed by atoms with E-state index in [1.807, 2.05) is 0 Å². The van der Waals surface area contributed by atoms with E-state index < -0.39 is 0 Å². The fourth-order valence-corrected chi connectivity index (χ4v) is 2.09. The molecule has 3 heteroatoms. The molecule has 0 amide bonds. The van der Waals surface area contributed by atoms with Crippen molar-refractivity contribution in [3.63, 3.8) is 0 Å². The van der Waals surface area contributed by atoms with Gasteiger partial charge < -0.3 is 4.79 Å². The molecule has 1 saturated heterocycles.